The smallest absolute Gasteiger partial charge is 0.257 e. The first kappa shape index (κ1) is 12.8. The molecule has 98 valence electrons. The third-order valence-electron chi connectivity index (χ3n) is 2.64. The van der Waals surface area contributed by atoms with E-state index in [2.05, 4.69) is 5.32 Å². The molecule has 0 saturated heterocycles. The minimum absolute atomic E-state index is 0.0404. The van der Waals surface area contributed by atoms with Crippen molar-refractivity contribution in [2.75, 3.05) is 18.2 Å². The molecule has 0 fully saturated rings. The predicted molar refractivity (Wildman–Crippen MR) is 73.5 cm³/mol. The molecule has 2 aromatic carbocycles. The summed E-state index contributed by atoms with van der Waals surface area (Å²) in [5.41, 5.74) is 6.97. The number of methoxy groups -OCH3 is 1. The minimum Gasteiger partial charge on any atom is -0.504 e. The number of ether oxygens (including phenoxy) is 1. The van der Waals surface area contributed by atoms with Crippen LogP contribution in [0.1, 0.15) is 10.4 Å². The summed E-state index contributed by atoms with van der Waals surface area (Å²) in [6.45, 7) is 0. The Hall–Kier alpha value is -2.69. The van der Waals surface area contributed by atoms with Gasteiger partial charge in [-0.3, -0.25) is 4.79 Å². The van der Waals surface area contributed by atoms with Crippen molar-refractivity contribution in [3.8, 4) is 11.5 Å². The van der Waals surface area contributed by atoms with Gasteiger partial charge in [0.05, 0.1) is 12.7 Å². The molecule has 5 nitrogen and oxygen atoms in total. The summed E-state index contributed by atoms with van der Waals surface area (Å²) in [5, 5.41) is 12.3. The van der Waals surface area contributed by atoms with Gasteiger partial charge in [-0.05, 0) is 24.3 Å². The van der Waals surface area contributed by atoms with Gasteiger partial charge < -0.3 is 20.9 Å². The largest absolute Gasteiger partial charge is 0.504 e. The van der Waals surface area contributed by atoms with Crippen molar-refractivity contribution >= 4 is 17.3 Å². The standard InChI is InChI=1S/C14H14N2O3/c1-19-13-7-6-9(8-12(13)17)16-14(18)10-4-2-3-5-11(10)15/h2-8,17H,15H2,1H3,(H,16,18). The van der Waals surface area contributed by atoms with Crippen molar-refractivity contribution in [1.82, 2.24) is 0 Å². The van der Waals surface area contributed by atoms with Crippen LogP contribution in [0.5, 0.6) is 11.5 Å². The summed E-state index contributed by atoms with van der Waals surface area (Å²) in [4.78, 5) is 12.0. The van der Waals surface area contributed by atoms with E-state index in [0.29, 0.717) is 22.7 Å². The zero-order valence-corrected chi connectivity index (χ0v) is 10.4. The van der Waals surface area contributed by atoms with Crippen molar-refractivity contribution < 1.29 is 14.6 Å². The molecule has 1 amide bonds. The lowest BCUT2D eigenvalue weighted by atomic mass is 10.1. The number of hydrogen-bond acceptors (Lipinski definition) is 4. The number of nitrogens with one attached hydrogen (secondary N) is 1. The summed E-state index contributed by atoms with van der Waals surface area (Å²) >= 11 is 0. The van der Waals surface area contributed by atoms with Crippen LogP contribution in [-0.4, -0.2) is 18.1 Å². The number of benzene rings is 2. The lowest BCUT2D eigenvalue weighted by molar-refractivity contribution is 0.102. The third kappa shape index (κ3) is 2.77. The number of rotatable bonds is 3. The summed E-state index contributed by atoms with van der Waals surface area (Å²) in [6, 6.07) is 11.4. The van der Waals surface area contributed by atoms with Crippen molar-refractivity contribution in [2.24, 2.45) is 0 Å². The van der Waals surface area contributed by atoms with E-state index < -0.39 is 0 Å². The molecule has 4 N–H and O–H groups in total. The highest BCUT2D eigenvalue weighted by molar-refractivity contribution is 6.07. The highest BCUT2D eigenvalue weighted by Crippen LogP contribution is 2.28. The first-order valence-electron chi connectivity index (χ1n) is 5.64. The summed E-state index contributed by atoms with van der Waals surface area (Å²) in [7, 11) is 1.46. The number of phenols is 1. The van der Waals surface area contributed by atoms with E-state index in [1.165, 1.54) is 13.2 Å². The average Bonchev–Trinajstić information content (AvgIpc) is 2.39. The summed E-state index contributed by atoms with van der Waals surface area (Å²) in [5.74, 6) is -0.0266. The number of nitrogens with two attached hydrogens (primary N) is 1. The molecule has 0 spiro atoms. The van der Waals surface area contributed by atoms with E-state index in [4.69, 9.17) is 10.5 Å². The first-order chi connectivity index (χ1) is 9.11. The Morgan fingerprint density at radius 3 is 2.63 bits per heavy atom. The number of carbonyl (C=O) groups is 1. The monoisotopic (exact) mass is 258 g/mol. The van der Waals surface area contributed by atoms with Gasteiger partial charge in [-0.1, -0.05) is 12.1 Å². The molecule has 0 aliphatic carbocycles. The number of aromatic hydroxyl groups is 1. The number of nitrogen functional groups attached to an aromatic ring is 1. The van der Waals surface area contributed by atoms with Gasteiger partial charge in [0.15, 0.2) is 11.5 Å². The quantitative estimate of drug-likeness (QED) is 0.737. The van der Waals surface area contributed by atoms with Gasteiger partial charge in [0.2, 0.25) is 0 Å². The Labute approximate surface area is 110 Å². The molecule has 0 unspecified atom stereocenters. The molecule has 0 heterocycles. The number of amides is 1. The Morgan fingerprint density at radius 1 is 1.26 bits per heavy atom. The van der Waals surface area contributed by atoms with Crippen LogP contribution in [0, 0.1) is 0 Å². The second-order valence-electron chi connectivity index (χ2n) is 3.93. The van der Waals surface area contributed by atoms with Crippen molar-refractivity contribution in [2.45, 2.75) is 0 Å². The molecule has 0 aliphatic rings. The number of para-hydroxylation sites is 1. The molecular formula is C14H14N2O3. The van der Waals surface area contributed by atoms with Crippen molar-refractivity contribution in [1.29, 1.82) is 0 Å². The van der Waals surface area contributed by atoms with E-state index in [1.807, 2.05) is 0 Å². The van der Waals surface area contributed by atoms with Crippen LogP contribution in [0.15, 0.2) is 42.5 Å². The Kier molecular flexibility index (Phi) is 3.56. The van der Waals surface area contributed by atoms with Gasteiger partial charge in [0.1, 0.15) is 0 Å². The van der Waals surface area contributed by atoms with E-state index in [-0.39, 0.29) is 11.7 Å². The van der Waals surface area contributed by atoms with E-state index in [1.54, 1.807) is 36.4 Å². The van der Waals surface area contributed by atoms with Crippen LogP contribution in [0.3, 0.4) is 0 Å². The maximum absolute atomic E-state index is 12.0. The highest BCUT2D eigenvalue weighted by Gasteiger charge is 2.10. The van der Waals surface area contributed by atoms with Crippen LogP contribution in [-0.2, 0) is 0 Å². The highest BCUT2D eigenvalue weighted by atomic mass is 16.5. The van der Waals surface area contributed by atoms with E-state index in [9.17, 15) is 9.90 Å². The molecule has 0 saturated carbocycles. The molecule has 2 rings (SSSR count). The number of hydrogen-bond donors (Lipinski definition) is 3. The maximum Gasteiger partial charge on any atom is 0.257 e. The summed E-state index contributed by atoms with van der Waals surface area (Å²) < 4.78 is 4.93. The molecule has 5 heteroatoms. The minimum atomic E-state index is -0.331. The Bertz CT molecular complexity index is 611. The first-order valence-corrected chi connectivity index (χ1v) is 5.64. The van der Waals surface area contributed by atoms with Gasteiger partial charge in [-0.25, -0.2) is 0 Å². The van der Waals surface area contributed by atoms with Crippen LogP contribution in [0.25, 0.3) is 0 Å². The molecule has 2 aromatic rings. The number of anilines is 2. The second-order valence-corrected chi connectivity index (χ2v) is 3.93. The van der Waals surface area contributed by atoms with Gasteiger partial charge in [-0.15, -0.1) is 0 Å². The van der Waals surface area contributed by atoms with Gasteiger partial charge in [0, 0.05) is 17.4 Å². The fourth-order valence-corrected chi connectivity index (χ4v) is 1.67. The Balaban J connectivity index is 2.20. The lowest BCUT2D eigenvalue weighted by Gasteiger charge is -2.09. The second kappa shape index (κ2) is 5.30. The SMILES string of the molecule is COc1ccc(NC(=O)c2ccccc2N)cc1O. The van der Waals surface area contributed by atoms with Gasteiger partial charge in [0.25, 0.3) is 5.91 Å². The van der Waals surface area contributed by atoms with Crippen molar-refractivity contribution in [3.05, 3.63) is 48.0 Å². The van der Waals surface area contributed by atoms with Crippen LogP contribution >= 0.6 is 0 Å². The van der Waals surface area contributed by atoms with Crippen LogP contribution < -0.4 is 15.8 Å². The molecule has 19 heavy (non-hydrogen) atoms. The number of phenolic OH excluding ortho intramolecular Hbond substituents is 1. The topological polar surface area (TPSA) is 84.6 Å². The normalized spacial score (nSPS) is 9.95. The molecule has 0 aromatic heterocycles. The molecule has 0 bridgehead atoms. The fraction of sp³-hybridized carbons (Fsp3) is 0.0714. The molecule has 0 aliphatic heterocycles. The van der Waals surface area contributed by atoms with Crippen molar-refractivity contribution in [3.63, 3.8) is 0 Å². The van der Waals surface area contributed by atoms with E-state index >= 15 is 0 Å². The van der Waals surface area contributed by atoms with Crippen LogP contribution in [0.4, 0.5) is 11.4 Å². The Morgan fingerprint density at radius 2 is 2.00 bits per heavy atom. The molecule has 0 radical (unpaired) electrons. The summed E-state index contributed by atoms with van der Waals surface area (Å²) in [6.07, 6.45) is 0. The zero-order chi connectivity index (χ0) is 13.8. The fourth-order valence-electron chi connectivity index (χ4n) is 1.67. The average molecular weight is 258 g/mol. The van der Waals surface area contributed by atoms with E-state index in [0.717, 1.165) is 0 Å². The zero-order valence-electron chi connectivity index (χ0n) is 10.4. The predicted octanol–water partition coefficient (Wildman–Crippen LogP) is 2.24. The van der Waals surface area contributed by atoms with Gasteiger partial charge in [-0.2, -0.15) is 0 Å². The maximum atomic E-state index is 12.0. The lowest BCUT2D eigenvalue weighted by Crippen LogP contribution is -2.13. The van der Waals surface area contributed by atoms with Crippen LogP contribution in [0.2, 0.25) is 0 Å². The third-order valence-corrected chi connectivity index (χ3v) is 2.64. The van der Waals surface area contributed by atoms with Gasteiger partial charge >= 0.3 is 0 Å². The number of carbonyl (C=O) groups excluding carboxylic acids is 1. The molecular weight excluding hydrogens is 244 g/mol. The molecule has 0 atom stereocenters.